The number of sulfonamides is 1. The molecule has 2 aromatic rings. The van der Waals surface area contributed by atoms with Crippen molar-refractivity contribution in [1.82, 2.24) is 9.21 Å². The Morgan fingerprint density at radius 1 is 1.03 bits per heavy atom. The van der Waals surface area contributed by atoms with Gasteiger partial charge in [-0.2, -0.15) is 0 Å². The summed E-state index contributed by atoms with van der Waals surface area (Å²) in [4.78, 5) is 28.6. The highest BCUT2D eigenvalue weighted by molar-refractivity contribution is 7.89. The first kappa shape index (κ1) is 25.9. The summed E-state index contributed by atoms with van der Waals surface area (Å²) in [6, 6.07) is 11.9. The van der Waals surface area contributed by atoms with Gasteiger partial charge in [0.05, 0.1) is 4.90 Å². The molecule has 0 spiro atoms. The minimum atomic E-state index is -3.68. The van der Waals surface area contributed by atoms with Gasteiger partial charge < -0.3 is 15.1 Å². The molecular formula is C25H34N4O4S. The molecule has 9 heteroatoms. The van der Waals surface area contributed by atoms with Crippen molar-refractivity contribution in [1.29, 1.82) is 0 Å². The minimum absolute atomic E-state index is 0.118. The minimum Gasteiger partial charge on any atom is -0.369 e. The maximum Gasteiger partial charge on any atom is 0.242 e. The highest BCUT2D eigenvalue weighted by Crippen LogP contribution is 2.24. The van der Waals surface area contributed by atoms with E-state index in [1.54, 1.807) is 0 Å². The van der Waals surface area contributed by atoms with Crippen LogP contribution in [0.5, 0.6) is 0 Å². The van der Waals surface area contributed by atoms with Crippen molar-refractivity contribution in [3.8, 4) is 0 Å². The third kappa shape index (κ3) is 6.43. The van der Waals surface area contributed by atoms with Crippen molar-refractivity contribution in [2.75, 3.05) is 57.0 Å². The topological polar surface area (TPSA) is 90.0 Å². The number of hydrogen-bond donors (Lipinski definition) is 1. The van der Waals surface area contributed by atoms with Crippen LogP contribution < -0.4 is 10.2 Å². The van der Waals surface area contributed by atoms with Crippen LogP contribution in [0.4, 0.5) is 11.4 Å². The zero-order valence-corrected chi connectivity index (χ0v) is 21.2. The Morgan fingerprint density at radius 3 is 2.26 bits per heavy atom. The Balaban J connectivity index is 1.50. The van der Waals surface area contributed by atoms with Crippen molar-refractivity contribution in [3.63, 3.8) is 0 Å². The summed E-state index contributed by atoms with van der Waals surface area (Å²) in [7, 11) is -0.0617. The monoisotopic (exact) mass is 486 g/mol. The predicted molar refractivity (Wildman–Crippen MR) is 135 cm³/mol. The molecule has 1 aliphatic rings. The first-order chi connectivity index (χ1) is 16.1. The van der Waals surface area contributed by atoms with Gasteiger partial charge in [-0.3, -0.25) is 9.59 Å². The van der Waals surface area contributed by atoms with Gasteiger partial charge in [0.25, 0.3) is 0 Å². The lowest BCUT2D eigenvalue weighted by atomic mass is 10.1. The molecule has 0 atom stereocenters. The number of ketones is 1. The van der Waals surface area contributed by atoms with Gasteiger partial charge in [0.1, 0.15) is 0 Å². The van der Waals surface area contributed by atoms with Crippen LogP contribution >= 0.6 is 0 Å². The van der Waals surface area contributed by atoms with Crippen molar-refractivity contribution in [2.45, 2.75) is 31.6 Å². The number of amides is 1. The Hall–Kier alpha value is -2.75. The molecule has 1 N–H and O–H groups in total. The average Bonchev–Trinajstić information content (AvgIpc) is 2.81. The molecule has 1 fully saturated rings. The molecule has 8 nitrogen and oxygen atoms in total. The van der Waals surface area contributed by atoms with E-state index >= 15 is 0 Å². The summed E-state index contributed by atoms with van der Waals surface area (Å²) in [5, 5.41) is 2.94. The lowest BCUT2D eigenvalue weighted by Gasteiger charge is -2.34. The van der Waals surface area contributed by atoms with E-state index in [1.165, 1.54) is 42.5 Å². The van der Waals surface area contributed by atoms with E-state index in [0.29, 0.717) is 12.0 Å². The number of anilines is 2. The van der Waals surface area contributed by atoms with E-state index in [2.05, 4.69) is 28.2 Å². The summed E-state index contributed by atoms with van der Waals surface area (Å²) in [6.45, 7) is 7.66. The highest BCUT2D eigenvalue weighted by atomic mass is 32.2. The van der Waals surface area contributed by atoms with Gasteiger partial charge in [-0.15, -0.1) is 0 Å². The highest BCUT2D eigenvalue weighted by Gasteiger charge is 2.21. The average molecular weight is 487 g/mol. The summed E-state index contributed by atoms with van der Waals surface area (Å²) >= 11 is 0. The fourth-order valence-corrected chi connectivity index (χ4v) is 5.10. The molecule has 184 valence electrons. The molecule has 0 aliphatic carbocycles. The molecular weight excluding hydrogens is 452 g/mol. The molecule has 0 radical (unpaired) electrons. The zero-order chi connectivity index (χ0) is 24.9. The molecule has 1 aliphatic heterocycles. The summed E-state index contributed by atoms with van der Waals surface area (Å²) in [6.07, 6.45) is 0.605. The van der Waals surface area contributed by atoms with Gasteiger partial charge in [-0.05, 0) is 63.2 Å². The molecule has 0 bridgehead atoms. The number of Topliss-reactive ketones (excluding diaryl/α,β-unsaturated/α-hetero) is 1. The second kappa shape index (κ2) is 11.1. The Morgan fingerprint density at radius 2 is 1.68 bits per heavy atom. The molecule has 2 aromatic carbocycles. The first-order valence-electron chi connectivity index (χ1n) is 11.5. The third-order valence-electron chi connectivity index (χ3n) is 6.20. The third-order valence-corrected chi connectivity index (χ3v) is 8.07. The number of rotatable bonds is 9. The molecule has 1 saturated heterocycles. The standard InChI is InChI=1S/C25H34N4O4S/c1-19-18-22(29-16-14-27(3)15-17-29)9-12-24(19)26-25(31)6-5-13-28(4)34(32,33)23-10-7-21(8-11-23)20(2)30/h7-12,18H,5-6,13-17H2,1-4H3,(H,26,31). The Kier molecular flexibility index (Phi) is 8.46. The van der Waals surface area contributed by atoms with Gasteiger partial charge in [-0.1, -0.05) is 12.1 Å². The van der Waals surface area contributed by atoms with Gasteiger partial charge in [0, 0.05) is 63.1 Å². The van der Waals surface area contributed by atoms with E-state index in [-0.39, 0.29) is 29.6 Å². The number of nitrogens with one attached hydrogen (secondary N) is 1. The van der Waals surface area contributed by atoms with Crippen molar-refractivity contribution in [2.24, 2.45) is 0 Å². The number of aryl methyl sites for hydroxylation is 1. The van der Waals surface area contributed by atoms with Gasteiger partial charge in [-0.25, -0.2) is 12.7 Å². The van der Waals surface area contributed by atoms with E-state index in [4.69, 9.17) is 0 Å². The van der Waals surface area contributed by atoms with Crippen LogP contribution in [-0.2, 0) is 14.8 Å². The maximum absolute atomic E-state index is 12.7. The Labute approximate surface area is 202 Å². The Bertz CT molecular complexity index is 1120. The number of carbonyl (C=O) groups is 2. The maximum atomic E-state index is 12.7. The number of nitrogens with zero attached hydrogens (tertiary/aromatic N) is 3. The summed E-state index contributed by atoms with van der Waals surface area (Å²) < 4.78 is 26.7. The van der Waals surface area contributed by atoms with Crippen LogP contribution in [0.15, 0.2) is 47.4 Å². The number of likely N-dealkylation sites (N-methyl/N-ethyl adjacent to an activating group) is 1. The molecule has 0 aromatic heterocycles. The lowest BCUT2D eigenvalue weighted by Crippen LogP contribution is -2.44. The number of benzene rings is 2. The molecule has 34 heavy (non-hydrogen) atoms. The van der Waals surface area contributed by atoms with Crippen LogP contribution in [0.3, 0.4) is 0 Å². The number of hydrogen-bond acceptors (Lipinski definition) is 6. The van der Waals surface area contributed by atoms with Gasteiger partial charge in [0.15, 0.2) is 5.78 Å². The van der Waals surface area contributed by atoms with Crippen molar-refractivity contribution < 1.29 is 18.0 Å². The fourth-order valence-electron chi connectivity index (χ4n) is 3.89. The van der Waals surface area contributed by atoms with Crippen LogP contribution in [0, 0.1) is 6.92 Å². The van der Waals surface area contributed by atoms with E-state index in [1.807, 2.05) is 19.1 Å². The fraction of sp³-hybridized carbons (Fsp3) is 0.440. The quantitative estimate of drug-likeness (QED) is 0.548. The summed E-state index contributed by atoms with van der Waals surface area (Å²) in [5.41, 5.74) is 3.39. The SMILES string of the molecule is CC(=O)c1ccc(S(=O)(=O)N(C)CCCC(=O)Nc2ccc(N3CCN(C)CC3)cc2C)cc1. The first-order valence-corrected chi connectivity index (χ1v) is 12.9. The second-order valence-electron chi connectivity index (χ2n) is 8.85. The summed E-state index contributed by atoms with van der Waals surface area (Å²) in [5.74, 6) is -0.264. The number of piperazine rings is 1. The van der Waals surface area contributed by atoms with Crippen LogP contribution in [-0.4, -0.2) is 76.1 Å². The number of carbonyl (C=O) groups excluding carboxylic acids is 2. The van der Waals surface area contributed by atoms with E-state index < -0.39 is 10.0 Å². The molecule has 0 saturated carbocycles. The van der Waals surface area contributed by atoms with Crippen molar-refractivity contribution in [3.05, 3.63) is 53.6 Å². The van der Waals surface area contributed by atoms with Crippen LogP contribution in [0.25, 0.3) is 0 Å². The smallest absolute Gasteiger partial charge is 0.242 e. The normalized spacial score (nSPS) is 14.9. The van der Waals surface area contributed by atoms with E-state index in [9.17, 15) is 18.0 Å². The zero-order valence-electron chi connectivity index (χ0n) is 20.4. The molecule has 0 unspecified atom stereocenters. The predicted octanol–water partition coefficient (Wildman–Crippen LogP) is 2.99. The second-order valence-corrected chi connectivity index (χ2v) is 10.9. The largest absolute Gasteiger partial charge is 0.369 e. The molecule has 1 heterocycles. The van der Waals surface area contributed by atoms with Crippen LogP contribution in [0.1, 0.15) is 35.7 Å². The van der Waals surface area contributed by atoms with Crippen molar-refractivity contribution >= 4 is 33.1 Å². The van der Waals surface area contributed by atoms with E-state index in [0.717, 1.165) is 43.1 Å². The molecule has 3 rings (SSSR count). The molecule has 1 amide bonds. The van der Waals surface area contributed by atoms with Gasteiger partial charge in [0.2, 0.25) is 15.9 Å². The van der Waals surface area contributed by atoms with Crippen LogP contribution in [0.2, 0.25) is 0 Å². The van der Waals surface area contributed by atoms with Gasteiger partial charge >= 0.3 is 0 Å². The lowest BCUT2D eigenvalue weighted by molar-refractivity contribution is -0.116.